The Bertz CT molecular complexity index is 1060. The van der Waals surface area contributed by atoms with Crippen molar-refractivity contribution >= 4 is 29.2 Å². The van der Waals surface area contributed by atoms with E-state index < -0.39 is 0 Å². The average molecular weight is 364 g/mol. The number of benzene rings is 3. The molecule has 0 atom stereocenters. The maximum atomic E-state index is 2.47. The first-order valence-corrected chi connectivity index (χ1v) is 10.0. The number of nitrogens with zero attached hydrogens (tertiary/aromatic N) is 1. The van der Waals surface area contributed by atoms with Gasteiger partial charge in [0.25, 0.3) is 0 Å². The number of aryl methyl sites for hydroxylation is 1. The van der Waals surface area contributed by atoms with Gasteiger partial charge in [-0.2, -0.15) is 0 Å². The lowest BCUT2D eigenvalue weighted by molar-refractivity contribution is 1.13. The van der Waals surface area contributed by atoms with Gasteiger partial charge < -0.3 is 4.90 Å². The number of allylic oxidation sites excluding steroid dienone is 2. The molecule has 0 radical (unpaired) electrons. The van der Waals surface area contributed by atoms with Crippen LogP contribution in [-0.2, 0) is 12.8 Å². The predicted octanol–water partition coefficient (Wildman–Crippen LogP) is 7.38. The Balaban J connectivity index is 1.73. The summed E-state index contributed by atoms with van der Waals surface area (Å²) in [4.78, 5) is 2.47. The molecule has 28 heavy (non-hydrogen) atoms. The van der Waals surface area contributed by atoms with Crippen LogP contribution in [0.1, 0.15) is 41.7 Å². The van der Waals surface area contributed by atoms with Crippen LogP contribution in [0.2, 0.25) is 0 Å². The monoisotopic (exact) mass is 363 g/mol. The van der Waals surface area contributed by atoms with Crippen molar-refractivity contribution in [2.45, 2.75) is 33.6 Å². The van der Waals surface area contributed by atoms with Crippen LogP contribution in [0.4, 0.5) is 17.1 Å². The first-order valence-electron chi connectivity index (χ1n) is 10.0. The highest BCUT2D eigenvalue weighted by molar-refractivity contribution is 5.86. The molecule has 138 valence electrons. The summed E-state index contributed by atoms with van der Waals surface area (Å²) in [6, 6.07) is 22.3. The molecule has 0 N–H and O–H groups in total. The van der Waals surface area contributed by atoms with Gasteiger partial charge in [-0.1, -0.05) is 65.3 Å². The molecule has 0 heterocycles. The number of fused-ring (bicyclic) bond motifs is 2. The summed E-state index contributed by atoms with van der Waals surface area (Å²) >= 11 is 0. The molecule has 0 saturated heterocycles. The Hall–Kier alpha value is -3.06. The van der Waals surface area contributed by atoms with Crippen molar-refractivity contribution in [1.82, 2.24) is 0 Å². The van der Waals surface area contributed by atoms with Crippen molar-refractivity contribution in [3.05, 3.63) is 99.6 Å². The zero-order valence-electron chi connectivity index (χ0n) is 16.8. The molecule has 2 aliphatic carbocycles. The first-order chi connectivity index (χ1) is 13.6. The molecule has 3 aromatic rings. The van der Waals surface area contributed by atoms with Crippen LogP contribution in [0.3, 0.4) is 0 Å². The second kappa shape index (κ2) is 6.53. The summed E-state index contributed by atoms with van der Waals surface area (Å²) in [6.07, 6.45) is 6.71. The van der Waals surface area contributed by atoms with Crippen molar-refractivity contribution in [2.24, 2.45) is 0 Å². The summed E-state index contributed by atoms with van der Waals surface area (Å²) in [6.45, 7) is 6.61. The van der Waals surface area contributed by atoms with Gasteiger partial charge in [-0.25, -0.2) is 0 Å². The number of hydrogen-bond acceptors (Lipinski definition) is 1. The summed E-state index contributed by atoms with van der Waals surface area (Å²) in [5, 5.41) is 0. The van der Waals surface area contributed by atoms with Gasteiger partial charge in [0.15, 0.2) is 0 Å². The molecule has 0 amide bonds. The molecule has 0 spiro atoms. The molecule has 0 unspecified atom stereocenters. The van der Waals surface area contributed by atoms with Gasteiger partial charge in [-0.15, -0.1) is 0 Å². The molecule has 0 aromatic heterocycles. The summed E-state index contributed by atoms with van der Waals surface area (Å²) < 4.78 is 0. The maximum Gasteiger partial charge on any atom is 0.0502 e. The van der Waals surface area contributed by atoms with Crippen LogP contribution in [0.25, 0.3) is 12.2 Å². The van der Waals surface area contributed by atoms with Gasteiger partial charge in [0.1, 0.15) is 0 Å². The zero-order chi connectivity index (χ0) is 19.3. The highest BCUT2D eigenvalue weighted by atomic mass is 15.1. The van der Waals surface area contributed by atoms with E-state index in [-0.39, 0.29) is 0 Å². The molecule has 0 saturated carbocycles. The fourth-order valence-corrected chi connectivity index (χ4v) is 4.55. The largest absolute Gasteiger partial charge is 0.310 e. The van der Waals surface area contributed by atoms with E-state index in [1.54, 1.807) is 0 Å². The summed E-state index contributed by atoms with van der Waals surface area (Å²) in [5.74, 6) is 0. The van der Waals surface area contributed by atoms with Gasteiger partial charge in [-0.3, -0.25) is 0 Å². The van der Waals surface area contributed by atoms with Crippen LogP contribution in [0, 0.1) is 6.92 Å². The molecular formula is C27H25N. The lowest BCUT2D eigenvalue weighted by Gasteiger charge is -2.30. The molecule has 0 bridgehead atoms. The van der Waals surface area contributed by atoms with Crippen LogP contribution < -0.4 is 4.90 Å². The fraction of sp³-hybridized carbons (Fsp3) is 0.185. The van der Waals surface area contributed by atoms with E-state index in [9.17, 15) is 0 Å². The van der Waals surface area contributed by atoms with Crippen molar-refractivity contribution in [2.75, 3.05) is 4.90 Å². The predicted molar refractivity (Wildman–Crippen MR) is 121 cm³/mol. The normalized spacial score (nSPS) is 14.4. The third kappa shape index (κ3) is 2.79. The average Bonchev–Trinajstić information content (AvgIpc) is 3.25. The number of anilines is 3. The van der Waals surface area contributed by atoms with E-state index in [0.717, 1.165) is 12.8 Å². The Labute approximate surface area is 167 Å². The number of hydrogen-bond donors (Lipinski definition) is 0. The van der Waals surface area contributed by atoms with Gasteiger partial charge in [-0.05, 0) is 80.1 Å². The van der Waals surface area contributed by atoms with E-state index in [1.807, 2.05) is 0 Å². The Kier molecular flexibility index (Phi) is 3.98. The minimum absolute atomic E-state index is 1.03. The van der Waals surface area contributed by atoms with Gasteiger partial charge in [0.2, 0.25) is 0 Å². The van der Waals surface area contributed by atoms with Crippen LogP contribution >= 0.6 is 0 Å². The standard InChI is InChI=1S/C27H25N/c1-18-10-12-23(13-11-18)28(26-8-4-6-21-14-19(2)16-24(21)26)27-9-5-7-22-15-20(3)17-25(22)27/h4-15H,16-17H2,1-3H3. The van der Waals surface area contributed by atoms with E-state index in [2.05, 4.69) is 98.5 Å². The second-order valence-corrected chi connectivity index (χ2v) is 8.20. The van der Waals surface area contributed by atoms with Crippen molar-refractivity contribution < 1.29 is 0 Å². The third-order valence-corrected chi connectivity index (χ3v) is 5.86. The Morgan fingerprint density at radius 2 is 1.11 bits per heavy atom. The topological polar surface area (TPSA) is 3.24 Å². The van der Waals surface area contributed by atoms with Crippen molar-refractivity contribution in [3.8, 4) is 0 Å². The molecule has 2 aliphatic rings. The SMILES string of the molecule is CC1=Cc2cccc(N(c3ccc(C)cc3)c3cccc4c3CC(C)=C4)c2C1. The molecule has 1 nitrogen and oxygen atoms in total. The molecule has 5 rings (SSSR count). The minimum atomic E-state index is 1.03. The molecule has 0 aliphatic heterocycles. The fourth-order valence-electron chi connectivity index (χ4n) is 4.55. The molecule has 3 aromatic carbocycles. The maximum absolute atomic E-state index is 2.47. The summed E-state index contributed by atoms with van der Waals surface area (Å²) in [7, 11) is 0. The highest BCUT2D eigenvalue weighted by Gasteiger charge is 2.24. The van der Waals surface area contributed by atoms with Crippen molar-refractivity contribution in [1.29, 1.82) is 0 Å². The highest BCUT2D eigenvalue weighted by Crippen LogP contribution is 2.44. The Morgan fingerprint density at radius 3 is 1.61 bits per heavy atom. The molecule has 0 fully saturated rings. The summed E-state index contributed by atoms with van der Waals surface area (Å²) in [5.41, 5.74) is 13.5. The van der Waals surface area contributed by atoms with Gasteiger partial charge >= 0.3 is 0 Å². The van der Waals surface area contributed by atoms with E-state index in [0.29, 0.717) is 0 Å². The lowest BCUT2D eigenvalue weighted by atomic mass is 10.0. The van der Waals surface area contributed by atoms with E-state index >= 15 is 0 Å². The van der Waals surface area contributed by atoms with Crippen LogP contribution in [0.15, 0.2) is 71.8 Å². The third-order valence-electron chi connectivity index (χ3n) is 5.86. The Morgan fingerprint density at radius 1 is 0.607 bits per heavy atom. The van der Waals surface area contributed by atoms with E-state index in [1.165, 1.54) is 56.0 Å². The second-order valence-electron chi connectivity index (χ2n) is 8.20. The van der Waals surface area contributed by atoms with Crippen molar-refractivity contribution in [3.63, 3.8) is 0 Å². The zero-order valence-corrected chi connectivity index (χ0v) is 16.8. The van der Waals surface area contributed by atoms with E-state index in [4.69, 9.17) is 0 Å². The smallest absolute Gasteiger partial charge is 0.0502 e. The first kappa shape index (κ1) is 17.1. The quantitative estimate of drug-likeness (QED) is 0.469. The van der Waals surface area contributed by atoms with Crippen LogP contribution in [0.5, 0.6) is 0 Å². The van der Waals surface area contributed by atoms with Gasteiger partial charge in [0.05, 0.1) is 11.4 Å². The number of rotatable bonds is 3. The molecular weight excluding hydrogens is 338 g/mol. The minimum Gasteiger partial charge on any atom is -0.310 e. The molecule has 1 heteroatoms. The van der Waals surface area contributed by atoms with Gasteiger partial charge in [0, 0.05) is 5.69 Å². The van der Waals surface area contributed by atoms with Crippen LogP contribution in [-0.4, -0.2) is 0 Å². The lowest BCUT2D eigenvalue weighted by Crippen LogP contribution is -2.14.